The zero-order valence-corrected chi connectivity index (χ0v) is 13.0. The van der Waals surface area contributed by atoms with Crippen LogP contribution in [0.25, 0.3) is 0 Å². The summed E-state index contributed by atoms with van der Waals surface area (Å²) in [5.74, 6) is 1.80. The predicted molar refractivity (Wildman–Crippen MR) is 80.3 cm³/mol. The number of piperidine rings is 1. The van der Waals surface area contributed by atoms with Crippen molar-refractivity contribution in [1.29, 1.82) is 0 Å². The molecule has 1 saturated heterocycles. The number of rotatable bonds is 4. The van der Waals surface area contributed by atoms with Crippen LogP contribution in [0.5, 0.6) is 0 Å². The maximum absolute atomic E-state index is 12.7. The second-order valence-electron chi connectivity index (χ2n) is 6.63. The van der Waals surface area contributed by atoms with Gasteiger partial charge in [-0.15, -0.1) is 0 Å². The van der Waals surface area contributed by atoms with E-state index in [9.17, 15) is 4.79 Å². The SMILES string of the molecule is COC1CN(C(=O)C2CCCC(CCN)C2)CCC1C. The lowest BCUT2D eigenvalue weighted by Gasteiger charge is -2.39. The Hall–Kier alpha value is -0.610. The number of ether oxygens (including phenoxy) is 1. The number of carbonyl (C=O) groups is 1. The second kappa shape index (κ2) is 7.41. The molecule has 2 rings (SSSR count). The van der Waals surface area contributed by atoms with Gasteiger partial charge >= 0.3 is 0 Å². The minimum Gasteiger partial charge on any atom is -0.379 e. The van der Waals surface area contributed by atoms with Crippen LogP contribution in [0.4, 0.5) is 0 Å². The molecular formula is C16H30N2O2. The van der Waals surface area contributed by atoms with Gasteiger partial charge < -0.3 is 15.4 Å². The minimum atomic E-state index is 0.205. The molecule has 0 spiro atoms. The highest BCUT2D eigenvalue weighted by Crippen LogP contribution is 2.33. The van der Waals surface area contributed by atoms with E-state index in [1.54, 1.807) is 7.11 Å². The summed E-state index contributed by atoms with van der Waals surface area (Å²) in [5.41, 5.74) is 5.66. The fourth-order valence-corrected chi connectivity index (χ4v) is 3.81. The number of nitrogens with two attached hydrogens (primary N) is 1. The third-order valence-electron chi connectivity index (χ3n) is 5.21. The lowest BCUT2D eigenvalue weighted by molar-refractivity contribution is -0.142. The van der Waals surface area contributed by atoms with Gasteiger partial charge in [-0.2, -0.15) is 0 Å². The summed E-state index contributed by atoms with van der Waals surface area (Å²) in [7, 11) is 1.76. The molecule has 0 bridgehead atoms. The van der Waals surface area contributed by atoms with Crippen molar-refractivity contribution in [2.24, 2.45) is 23.5 Å². The van der Waals surface area contributed by atoms with E-state index in [1.165, 1.54) is 12.8 Å². The first kappa shape index (κ1) is 15.8. The molecule has 1 saturated carbocycles. The molecule has 20 heavy (non-hydrogen) atoms. The Kier molecular flexibility index (Phi) is 5.85. The molecule has 4 unspecified atom stereocenters. The second-order valence-corrected chi connectivity index (χ2v) is 6.63. The van der Waals surface area contributed by atoms with Crippen LogP contribution < -0.4 is 5.73 Å². The third-order valence-corrected chi connectivity index (χ3v) is 5.21. The quantitative estimate of drug-likeness (QED) is 0.858. The molecular weight excluding hydrogens is 252 g/mol. The Morgan fingerprint density at radius 1 is 1.35 bits per heavy atom. The normalized spacial score (nSPS) is 35.0. The molecule has 1 amide bonds. The predicted octanol–water partition coefficient (Wildman–Crippen LogP) is 2.02. The van der Waals surface area contributed by atoms with Gasteiger partial charge in [0.1, 0.15) is 0 Å². The molecule has 4 atom stereocenters. The Labute approximate surface area is 123 Å². The van der Waals surface area contributed by atoms with Crippen molar-refractivity contribution in [3.8, 4) is 0 Å². The lowest BCUT2D eigenvalue weighted by Crippen LogP contribution is -2.49. The maximum atomic E-state index is 12.7. The van der Waals surface area contributed by atoms with Crippen LogP contribution in [0, 0.1) is 17.8 Å². The highest BCUT2D eigenvalue weighted by Gasteiger charge is 2.34. The van der Waals surface area contributed by atoms with Crippen molar-refractivity contribution in [1.82, 2.24) is 4.90 Å². The highest BCUT2D eigenvalue weighted by molar-refractivity contribution is 5.79. The highest BCUT2D eigenvalue weighted by atomic mass is 16.5. The van der Waals surface area contributed by atoms with Crippen LogP contribution in [-0.2, 0) is 9.53 Å². The lowest BCUT2D eigenvalue weighted by atomic mass is 9.79. The van der Waals surface area contributed by atoms with Crippen molar-refractivity contribution >= 4 is 5.91 Å². The molecule has 4 heteroatoms. The van der Waals surface area contributed by atoms with E-state index in [4.69, 9.17) is 10.5 Å². The van der Waals surface area contributed by atoms with Crippen LogP contribution in [-0.4, -0.2) is 43.7 Å². The minimum absolute atomic E-state index is 0.205. The summed E-state index contributed by atoms with van der Waals surface area (Å²) < 4.78 is 5.52. The first-order valence-electron chi connectivity index (χ1n) is 8.17. The summed E-state index contributed by atoms with van der Waals surface area (Å²) in [5, 5.41) is 0. The van der Waals surface area contributed by atoms with E-state index in [2.05, 4.69) is 6.92 Å². The van der Waals surface area contributed by atoms with E-state index in [-0.39, 0.29) is 12.0 Å². The molecule has 0 radical (unpaired) electrons. The van der Waals surface area contributed by atoms with Gasteiger partial charge in [0.05, 0.1) is 6.10 Å². The summed E-state index contributed by atoms with van der Waals surface area (Å²) >= 11 is 0. The van der Waals surface area contributed by atoms with E-state index in [0.717, 1.165) is 45.3 Å². The number of hydrogen-bond donors (Lipinski definition) is 1. The number of likely N-dealkylation sites (tertiary alicyclic amines) is 1. The van der Waals surface area contributed by atoms with Gasteiger partial charge in [0.15, 0.2) is 0 Å². The molecule has 2 aliphatic rings. The van der Waals surface area contributed by atoms with E-state index < -0.39 is 0 Å². The van der Waals surface area contributed by atoms with Gasteiger partial charge in [0.25, 0.3) is 0 Å². The van der Waals surface area contributed by atoms with Crippen LogP contribution >= 0.6 is 0 Å². The van der Waals surface area contributed by atoms with Crippen molar-refractivity contribution in [2.75, 3.05) is 26.7 Å². The van der Waals surface area contributed by atoms with Gasteiger partial charge in [-0.05, 0) is 44.1 Å². The molecule has 0 aromatic heterocycles. The Morgan fingerprint density at radius 3 is 2.85 bits per heavy atom. The Bertz CT molecular complexity index is 320. The van der Waals surface area contributed by atoms with Gasteiger partial charge in [0.2, 0.25) is 5.91 Å². The molecule has 0 aromatic carbocycles. The summed E-state index contributed by atoms with van der Waals surface area (Å²) in [6.07, 6.45) is 6.86. The zero-order chi connectivity index (χ0) is 14.5. The van der Waals surface area contributed by atoms with Gasteiger partial charge in [-0.25, -0.2) is 0 Å². The first-order chi connectivity index (χ1) is 9.65. The number of nitrogens with zero attached hydrogens (tertiary/aromatic N) is 1. The molecule has 1 aliphatic heterocycles. The molecule has 4 nitrogen and oxygen atoms in total. The van der Waals surface area contributed by atoms with Gasteiger partial charge in [0, 0.05) is 26.1 Å². The average molecular weight is 282 g/mol. The summed E-state index contributed by atoms with van der Waals surface area (Å²) in [4.78, 5) is 14.8. The van der Waals surface area contributed by atoms with Crippen LogP contribution in [0.15, 0.2) is 0 Å². The fraction of sp³-hybridized carbons (Fsp3) is 0.938. The van der Waals surface area contributed by atoms with Crippen molar-refractivity contribution in [3.63, 3.8) is 0 Å². The molecule has 0 aromatic rings. The molecule has 1 aliphatic carbocycles. The number of amides is 1. The van der Waals surface area contributed by atoms with Crippen molar-refractivity contribution in [2.45, 2.75) is 51.6 Å². The summed E-state index contributed by atoms with van der Waals surface area (Å²) in [6.45, 7) is 4.64. The Morgan fingerprint density at radius 2 is 2.15 bits per heavy atom. The standard InChI is InChI=1S/C16H30N2O2/c1-12-7-9-18(11-15(12)20-2)16(19)14-5-3-4-13(10-14)6-8-17/h12-15H,3-11,17H2,1-2H3. The molecule has 2 fully saturated rings. The number of hydrogen-bond acceptors (Lipinski definition) is 3. The number of carbonyl (C=O) groups excluding carboxylic acids is 1. The van der Waals surface area contributed by atoms with Crippen LogP contribution in [0.2, 0.25) is 0 Å². The zero-order valence-electron chi connectivity index (χ0n) is 13.0. The van der Waals surface area contributed by atoms with Gasteiger partial charge in [-0.3, -0.25) is 4.79 Å². The largest absolute Gasteiger partial charge is 0.379 e. The number of methoxy groups -OCH3 is 1. The smallest absolute Gasteiger partial charge is 0.225 e. The van der Waals surface area contributed by atoms with Gasteiger partial charge in [-0.1, -0.05) is 19.8 Å². The third kappa shape index (κ3) is 3.73. The molecule has 116 valence electrons. The van der Waals surface area contributed by atoms with E-state index in [1.807, 2.05) is 4.90 Å². The maximum Gasteiger partial charge on any atom is 0.225 e. The monoisotopic (exact) mass is 282 g/mol. The van der Waals surface area contributed by atoms with Crippen molar-refractivity contribution < 1.29 is 9.53 Å². The fourth-order valence-electron chi connectivity index (χ4n) is 3.81. The van der Waals surface area contributed by atoms with Crippen LogP contribution in [0.1, 0.15) is 45.4 Å². The topological polar surface area (TPSA) is 55.6 Å². The summed E-state index contributed by atoms with van der Waals surface area (Å²) in [6, 6.07) is 0. The first-order valence-corrected chi connectivity index (χ1v) is 8.17. The molecule has 1 heterocycles. The van der Waals surface area contributed by atoms with Crippen molar-refractivity contribution in [3.05, 3.63) is 0 Å². The van der Waals surface area contributed by atoms with E-state index >= 15 is 0 Å². The Balaban J connectivity index is 1.90. The average Bonchev–Trinajstić information content (AvgIpc) is 2.48. The van der Waals surface area contributed by atoms with Crippen LogP contribution in [0.3, 0.4) is 0 Å². The van der Waals surface area contributed by atoms with E-state index in [0.29, 0.717) is 17.7 Å². The molecule has 2 N–H and O–H groups in total.